The van der Waals surface area contributed by atoms with Gasteiger partial charge in [-0.05, 0) is 19.8 Å². The number of nitrogens with zero attached hydrogens (tertiary/aromatic N) is 1. The summed E-state index contributed by atoms with van der Waals surface area (Å²) in [6.07, 6.45) is -3.89. The first-order chi connectivity index (χ1) is 8.15. The van der Waals surface area contributed by atoms with E-state index in [2.05, 4.69) is 9.97 Å². The molecular weight excluding hydrogens is 247 g/mol. The predicted octanol–water partition coefficient (Wildman–Crippen LogP) is 2.07. The van der Waals surface area contributed by atoms with Crippen LogP contribution in [0.15, 0.2) is 4.79 Å². The van der Waals surface area contributed by atoms with Crippen molar-refractivity contribution in [3.05, 3.63) is 27.4 Å². The van der Waals surface area contributed by atoms with Crippen LogP contribution in [-0.2, 0) is 11.7 Å². The lowest BCUT2D eigenvalue weighted by Gasteiger charge is -2.26. The summed E-state index contributed by atoms with van der Waals surface area (Å²) in [6, 6.07) is 0. The van der Waals surface area contributed by atoms with Crippen molar-refractivity contribution in [2.24, 2.45) is 5.73 Å². The van der Waals surface area contributed by atoms with E-state index in [1.807, 2.05) is 0 Å². The van der Waals surface area contributed by atoms with Crippen molar-refractivity contribution in [1.29, 1.82) is 0 Å². The summed E-state index contributed by atoms with van der Waals surface area (Å²) in [6.45, 7) is 4.56. The molecule has 1 rings (SSSR count). The second kappa shape index (κ2) is 4.72. The molecule has 1 aromatic rings. The van der Waals surface area contributed by atoms with E-state index in [-0.39, 0.29) is 5.82 Å². The highest BCUT2D eigenvalue weighted by atomic mass is 19.4. The summed E-state index contributed by atoms with van der Waals surface area (Å²) < 4.78 is 38.2. The zero-order valence-electron chi connectivity index (χ0n) is 10.5. The van der Waals surface area contributed by atoms with Crippen molar-refractivity contribution < 1.29 is 13.2 Å². The Morgan fingerprint density at radius 2 is 1.78 bits per heavy atom. The largest absolute Gasteiger partial charge is 0.433 e. The van der Waals surface area contributed by atoms with Gasteiger partial charge in [0.1, 0.15) is 5.82 Å². The van der Waals surface area contributed by atoms with Crippen molar-refractivity contribution in [3.8, 4) is 0 Å². The maximum atomic E-state index is 12.7. The van der Waals surface area contributed by atoms with Gasteiger partial charge < -0.3 is 10.7 Å². The molecule has 3 N–H and O–H groups in total. The van der Waals surface area contributed by atoms with E-state index < -0.39 is 28.5 Å². The van der Waals surface area contributed by atoms with Crippen LogP contribution in [-0.4, -0.2) is 9.97 Å². The molecule has 0 fully saturated rings. The molecule has 0 aromatic carbocycles. The van der Waals surface area contributed by atoms with Gasteiger partial charge in [-0.3, -0.25) is 4.79 Å². The minimum atomic E-state index is -4.66. The Labute approximate surface area is 102 Å². The SMILES string of the molecule is CCC(N)(CC)c1nc(C(F)(F)F)c(C)c(=O)[nH]1. The molecule has 102 valence electrons. The lowest BCUT2D eigenvalue weighted by Crippen LogP contribution is -2.40. The second-order valence-electron chi connectivity index (χ2n) is 4.25. The van der Waals surface area contributed by atoms with Crippen molar-refractivity contribution in [1.82, 2.24) is 9.97 Å². The molecule has 4 nitrogen and oxygen atoms in total. The van der Waals surface area contributed by atoms with Crippen molar-refractivity contribution in [2.45, 2.75) is 45.3 Å². The molecule has 0 aliphatic rings. The summed E-state index contributed by atoms with van der Waals surface area (Å²) in [5.74, 6) is -0.115. The van der Waals surface area contributed by atoms with Crippen molar-refractivity contribution in [3.63, 3.8) is 0 Å². The molecule has 0 spiro atoms. The van der Waals surface area contributed by atoms with Crippen LogP contribution in [0.5, 0.6) is 0 Å². The maximum absolute atomic E-state index is 12.7. The van der Waals surface area contributed by atoms with E-state index in [1.54, 1.807) is 13.8 Å². The van der Waals surface area contributed by atoms with Crippen LogP contribution in [0.3, 0.4) is 0 Å². The number of alkyl halides is 3. The zero-order chi connectivity index (χ0) is 14.1. The first-order valence-electron chi connectivity index (χ1n) is 5.63. The van der Waals surface area contributed by atoms with Crippen molar-refractivity contribution in [2.75, 3.05) is 0 Å². The van der Waals surface area contributed by atoms with E-state index in [1.165, 1.54) is 0 Å². The molecular formula is C11H16F3N3O. The summed E-state index contributed by atoms with van der Waals surface area (Å²) >= 11 is 0. The molecule has 1 aromatic heterocycles. The van der Waals surface area contributed by atoms with Crippen LogP contribution in [0, 0.1) is 6.92 Å². The van der Waals surface area contributed by atoms with E-state index in [0.717, 1.165) is 6.92 Å². The molecule has 0 unspecified atom stereocenters. The minimum Gasteiger partial charge on any atom is -0.319 e. The number of nitrogens with one attached hydrogen (secondary N) is 1. The van der Waals surface area contributed by atoms with Gasteiger partial charge in [-0.15, -0.1) is 0 Å². The molecule has 18 heavy (non-hydrogen) atoms. The Hall–Kier alpha value is -1.37. The van der Waals surface area contributed by atoms with Crippen LogP contribution in [0.1, 0.15) is 43.8 Å². The van der Waals surface area contributed by atoms with E-state index in [4.69, 9.17) is 5.73 Å². The average Bonchev–Trinajstić information content (AvgIpc) is 2.29. The fraction of sp³-hybridized carbons (Fsp3) is 0.636. The van der Waals surface area contributed by atoms with Crippen LogP contribution in [0.4, 0.5) is 13.2 Å². The number of halogens is 3. The van der Waals surface area contributed by atoms with E-state index in [0.29, 0.717) is 12.8 Å². The van der Waals surface area contributed by atoms with Gasteiger partial charge in [-0.25, -0.2) is 4.98 Å². The number of aromatic amines is 1. The van der Waals surface area contributed by atoms with Gasteiger partial charge in [0.15, 0.2) is 5.69 Å². The third-order valence-electron chi connectivity index (χ3n) is 3.15. The molecule has 0 saturated carbocycles. The topological polar surface area (TPSA) is 71.8 Å². The standard InChI is InChI=1S/C11H16F3N3O/c1-4-10(15,5-2)9-16-7(11(12,13)14)6(3)8(18)17-9/h4-5,15H2,1-3H3,(H,16,17,18). The smallest absolute Gasteiger partial charge is 0.319 e. The molecule has 0 atom stereocenters. The first-order valence-corrected chi connectivity index (χ1v) is 5.63. The number of hydrogen-bond acceptors (Lipinski definition) is 3. The van der Waals surface area contributed by atoms with Gasteiger partial charge in [-0.1, -0.05) is 13.8 Å². The highest BCUT2D eigenvalue weighted by molar-refractivity contribution is 5.21. The van der Waals surface area contributed by atoms with Gasteiger partial charge in [0.05, 0.1) is 5.54 Å². The normalized spacial score (nSPS) is 12.8. The molecule has 0 amide bonds. The van der Waals surface area contributed by atoms with Crippen LogP contribution in [0.25, 0.3) is 0 Å². The van der Waals surface area contributed by atoms with E-state index in [9.17, 15) is 18.0 Å². The van der Waals surface area contributed by atoms with Crippen LogP contribution in [0.2, 0.25) is 0 Å². The Bertz CT molecular complexity index is 489. The van der Waals surface area contributed by atoms with Crippen molar-refractivity contribution >= 4 is 0 Å². The number of aromatic nitrogens is 2. The number of rotatable bonds is 3. The monoisotopic (exact) mass is 263 g/mol. The molecule has 1 heterocycles. The summed E-state index contributed by atoms with van der Waals surface area (Å²) in [7, 11) is 0. The van der Waals surface area contributed by atoms with E-state index >= 15 is 0 Å². The van der Waals surface area contributed by atoms with Gasteiger partial charge in [0.2, 0.25) is 0 Å². The van der Waals surface area contributed by atoms with Crippen LogP contribution < -0.4 is 11.3 Å². The van der Waals surface area contributed by atoms with Gasteiger partial charge >= 0.3 is 6.18 Å². The molecule has 0 radical (unpaired) electrons. The quantitative estimate of drug-likeness (QED) is 0.876. The Balaban J connectivity index is 3.52. The number of nitrogens with two attached hydrogens (primary N) is 1. The summed E-state index contributed by atoms with van der Waals surface area (Å²) in [5.41, 5.74) is 2.49. The average molecular weight is 263 g/mol. The van der Waals surface area contributed by atoms with Gasteiger partial charge in [-0.2, -0.15) is 13.2 Å². The first kappa shape index (κ1) is 14.7. The minimum absolute atomic E-state index is 0.115. The fourth-order valence-corrected chi connectivity index (χ4v) is 1.63. The Morgan fingerprint density at radius 1 is 1.28 bits per heavy atom. The van der Waals surface area contributed by atoms with Gasteiger partial charge in [0.25, 0.3) is 5.56 Å². The third-order valence-corrected chi connectivity index (χ3v) is 3.15. The highest BCUT2D eigenvalue weighted by Gasteiger charge is 2.38. The Kier molecular flexibility index (Phi) is 3.85. The Morgan fingerprint density at radius 3 is 2.17 bits per heavy atom. The van der Waals surface area contributed by atoms with Gasteiger partial charge in [0, 0.05) is 5.56 Å². The molecule has 0 aliphatic heterocycles. The summed E-state index contributed by atoms with van der Waals surface area (Å²) in [4.78, 5) is 17.4. The molecule has 0 aliphatic carbocycles. The van der Waals surface area contributed by atoms with Crippen LogP contribution >= 0.6 is 0 Å². The highest BCUT2D eigenvalue weighted by Crippen LogP contribution is 2.30. The number of hydrogen-bond donors (Lipinski definition) is 2. The molecule has 0 saturated heterocycles. The lowest BCUT2D eigenvalue weighted by molar-refractivity contribution is -0.142. The predicted molar refractivity (Wildman–Crippen MR) is 61.0 cm³/mol. The zero-order valence-corrected chi connectivity index (χ0v) is 10.5. The summed E-state index contributed by atoms with van der Waals surface area (Å²) in [5, 5.41) is 0. The lowest BCUT2D eigenvalue weighted by atomic mass is 9.93. The molecule has 7 heteroatoms. The maximum Gasteiger partial charge on any atom is 0.433 e. The molecule has 0 bridgehead atoms. The second-order valence-corrected chi connectivity index (χ2v) is 4.25. The third kappa shape index (κ3) is 2.55. The fourth-order valence-electron chi connectivity index (χ4n) is 1.63. The number of H-pyrrole nitrogens is 1.